The molecule has 4 aromatic rings. The number of nitrogens with zero attached hydrogens (tertiary/aromatic N) is 2. The van der Waals surface area contributed by atoms with Gasteiger partial charge in [0.05, 0.1) is 12.0 Å². The van der Waals surface area contributed by atoms with Crippen LogP contribution < -0.4 is 5.32 Å². The van der Waals surface area contributed by atoms with Crippen LogP contribution in [0.1, 0.15) is 32.3 Å². The van der Waals surface area contributed by atoms with Gasteiger partial charge < -0.3 is 9.73 Å². The first-order valence-electron chi connectivity index (χ1n) is 7.55. The molecule has 0 radical (unpaired) electrons. The Morgan fingerprint density at radius 1 is 1.20 bits per heavy atom. The van der Waals surface area contributed by atoms with Crippen molar-refractivity contribution in [3.8, 4) is 0 Å². The van der Waals surface area contributed by atoms with E-state index in [1.807, 2.05) is 18.5 Å². The number of ketones is 1. The normalized spacial score (nSPS) is 10.9. The zero-order valence-electron chi connectivity index (χ0n) is 13.2. The predicted molar refractivity (Wildman–Crippen MR) is 94.3 cm³/mol. The minimum atomic E-state index is -0.337. The molecule has 3 aromatic heterocycles. The van der Waals surface area contributed by atoms with Gasteiger partial charge in [0, 0.05) is 22.8 Å². The number of hydrogen-bond acceptors (Lipinski definition) is 5. The average Bonchev–Trinajstić information content (AvgIpc) is 3.32. The highest BCUT2D eigenvalue weighted by molar-refractivity contribution is 7.15. The van der Waals surface area contributed by atoms with Crippen LogP contribution in [0.15, 0.2) is 58.7 Å². The molecule has 1 aromatic carbocycles. The van der Waals surface area contributed by atoms with Gasteiger partial charge in [-0.1, -0.05) is 0 Å². The van der Waals surface area contributed by atoms with E-state index >= 15 is 0 Å². The van der Waals surface area contributed by atoms with Gasteiger partial charge in [-0.2, -0.15) is 0 Å². The van der Waals surface area contributed by atoms with Gasteiger partial charge >= 0.3 is 0 Å². The maximum Gasteiger partial charge on any atom is 0.291 e. The molecule has 0 unspecified atom stereocenters. The summed E-state index contributed by atoms with van der Waals surface area (Å²) >= 11 is 1.49. The smallest absolute Gasteiger partial charge is 0.291 e. The van der Waals surface area contributed by atoms with Gasteiger partial charge in [-0.15, -0.1) is 11.3 Å². The molecule has 6 nitrogen and oxygen atoms in total. The molecule has 0 bridgehead atoms. The summed E-state index contributed by atoms with van der Waals surface area (Å²) in [5, 5.41) is 4.62. The number of carbonyl (C=O) groups is 2. The van der Waals surface area contributed by atoms with Crippen molar-refractivity contribution >= 4 is 33.7 Å². The summed E-state index contributed by atoms with van der Waals surface area (Å²) in [5.41, 5.74) is 2.38. The molecular weight excluding hydrogens is 338 g/mol. The lowest BCUT2D eigenvalue weighted by Crippen LogP contribution is -2.11. The van der Waals surface area contributed by atoms with Gasteiger partial charge in [0.25, 0.3) is 5.91 Å². The first kappa shape index (κ1) is 15.3. The minimum Gasteiger partial charge on any atom is -0.459 e. The van der Waals surface area contributed by atoms with Crippen LogP contribution in [0.4, 0.5) is 5.69 Å². The van der Waals surface area contributed by atoms with Crippen LogP contribution in [0.25, 0.3) is 4.96 Å². The van der Waals surface area contributed by atoms with Gasteiger partial charge in [0.15, 0.2) is 10.7 Å². The molecule has 1 amide bonds. The van der Waals surface area contributed by atoms with Crippen LogP contribution in [0.2, 0.25) is 0 Å². The lowest BCUT2D eigenvalue weighted by atomic mass is 10.1. The van der Waals surface area contributed by atoms with Gasteiger partial charge in [0.1, 0.15) is 5.69 Å². The summed E-state index contributed by atoms with van der Waals surface area (Å²) in [6.45, 7) is 1.82. The third-order valence-corrected chi connectivity index (χ3v) is 4.56. The molecule has 0 aliphatic heterocycles. The van der Waals surface area contributed by atoms with Crippen molar-refractivity contribution in [3.05, 3.63) is 76.9 Å². The fourth-order valence-corrected chi connectivity index (χ4v) is 3.37. The summed E-state index contributed by atoms with van der Waals surface area (Å²) in [6, 6.07) is 9.98. The highest BCUT2D eigenvalue weighted by Gasteiger charge is 2.19. The molecule has 3 heterocycles. The molecule has 0 aliphatic carbocycles. The van der Waals surface area contributed by atoms with Crippen molar-refractivity contribution < 1.29 is 14.0 Å². The number of anilines is 1. The molecule has 0 spiro atoms. The molecule has 0 saturated heterocycles. The molecule has 4 rings (SSSR count). The monoisotopic (exact) mass is 351 g/mol. The number of fused-ring (bicyclic) bond motifs is 1. The molecule has 0 fully saturated rings. The fraction of sp³-hybridized carbons (Fsp3) is 0.0556. The van der Waals surface area contributed by atoms with Crippen LogP contribution in [-0.2, 0) is 0 Å². The second kappa shape index (κ2) is 6.03. The van der Waals surface area contributed by atoms with E-state index in [1.54, 1.807) is 40.8 Å². The van der Waals surface area contributed by atoms with Crippen LogP contribution in [0, 0.1) is 6.92 Å². The summed E-state index contributed by atoms with van der Waals surface area (Å²) in [4.78, 5) is 30.0. The molecular formula is C18H13N3O3S. The molecule has 0 atom stereocenters. The van der Waals surface area contributed by atoms with Crippen LogP contribution in [-0.4, -0.2) is 21.1 Å². The molecule has 7 heteroatoms. The molecule has 1 N–H and O–H groups in total. The van der Waals surface area contributed by atoms with Gasteiger partial charge in [-0.3, -0.25) is 14.0 Å². The summed E-state index contributed by atoms with van der Waals surface area (Å²) in [5.74, 6) is -0.210. The summed E-state index contributed by atoms with van der Waals surface area (Å²) in [6.07, 6.45) is 3.28. The predicted octanol–water partition coefficient (Wildman–Crippen LogP) is 3.78. The van der Waals surface area contributed by atoms with E-state index in [9.17, 15) is 9.59 Å². The van der Waals surface area contributed by atoms with Crippen LogP contribution in [0.3, 0.4) is 0 Å². The number of carbonyl (C=O) groups excluding carboxylic acids is 2. The Labute approximate surface area is 146 Å². The number of aryl methyl sites for hydroxylation is 1. The maximum atomic E-state index is 12.8. The van der Waals surface area contributed by atoms with Crippen molar-refractivity contribution in [1.82, 2.24) is 9.38 Å². The Morgan fingerprint density at radius 2 is 2.00 bits per heavy atom. The Balaban J connectivity index is 1.57. The quantitative estimate of drug-likeness (QED) is 0.568. The zero-order valence-corrected chi connectivity index (χ0v) is 14.0. The SMILES string of the molecule is Cc1nc2sccn2c1C(=O)c1ccc(NC(=O)c2ccco2)cc1. The average molecular weight is 351 g/mol. The maximum absolute atomic E-state index is 12.8. The van der Waals surface area contributed by atoms with Crippen LogP contribution >= 0.6 is 11.3 Å². The standard InChI is InChI=1S/C18H13N3O3S/c1-11-15(21-8-10-25-18(21)19-11)16(22)12-4-6-13(7-5-12)20-17(23)14-3-2-9-24-14/h2-10H,1H3,(H,20,23). The first-order valence-corrected chi connectivity index (χ1v) is 8.43. The number of amides is 1. The Hall–Kier alpha value is -3.19. The van der Waals surface area contributed by atoms with Crippen molar-refractivity contribution in [1.29, 1.82) is 0 Å². The number of rotatable bonds is 4. The lowest BCUT2D eigenvalue weighted by Gasteiger charge is -2.05. The topological polar surface area (TPSA) is 76.6 Å². The number of thiazole rings is 1. The number of nitrogens with one attached hydrogen (secondary N) is 1. The summed E-state index contributed by atoms with van der Waals surface area (Å²) in [7, 11) is 0. The Kier molecular flexibility index (Phi) is 3.70. The second-order valence-electron chi connectivity index (χ2n) is 5.44. The Bertz CT molecular complexity index is 1060. The van der Waals surface area contributed by atoms with E-state index in [0.29, 0.717) is 22.6 Å². The van der Waals surface area contributed by atoms with Crippen LogP contribution in [0.5, 0.6) is 0 Å². The number of hydrogen-bond donors (Lipinski definition) is 1. The van der Waals surface area contributed by atoms with Gasteiger partial charge in [-0.25, -0.2) is 4.98 Å². The Morgan fingerprint density at radius 3 is 2.72 bits per heavy atom. The fourth-order valence-electron chi connectivity index (χ4n) is 2.61. The van der Waals surface area contributed by atoms with E-state index in [2.05, 4.69) is 10.3 Å². The number of benzene rings is 1. The highest BCUT2D eigenvalue weighted by atomic mass is 32.1. The first-order chi connectivity index (χ1) is 12.1. The van der Waals surface area contributed by atoms with Crippen molar-refractivity contribution in [2.75, 3.05) is 5.32 Å². The van der Waals surface area contributed by atoms with E-state index in [0.717, 1.165) is 4.96 Å². The van der Waals surface area contributed by atoms with Gasteiger partial charge in [0.2, 0.25) is 5.78 Å². The number of aromatic nitrogens is 2. The van der Waals surface area contributed by atoms with E-state index < -0.39 is 0 Å². The van der Waals surface area contributed by atoms with Crippen molar-refractivity contribution in [2.45, 2.75) is 6.92 Å². The number of furan rings is 1. The largest absolute Gasteiger partial charge is 0.459 e. The van der Waals surface area contributed by atoms with Crippen molar-refractivity contribution in [2.24, 2.45) is 0 Å². The van der Waals surface area contributed by atoms with E-state index in [-0.39, 0.29) is 17.5 Å². The zero-order chi connectivity index (χ0) is 17.4. The molecule has 25 heavy (non-hydrogen) atoms. The lowest BCUT2D eigenvalue weighted by molar-refractivity contribution is 0.0995. The number of imidazole rings is 1. The van der Waals surface area contributed by atoms with E-state index in [1.165, 1.54) is 17.6 Å². The van der Waals surface area contributed by atoms with E-state index in [4.69, 9.17) is 4.42 Å². The third kappa shape index (κ3) is 2.74. The minimum absolute atomic E-state index is 0.104. The molecule has 0 saturated carbocycles. The highest BCUT2D eigenvalue weighted by Crippen LogP contribution is 2.21. The third-order valence-electron chi connectivity index (χ3n) is 3.80. The summed E-state index contributed by atoms with van der Waals surface area (Å²) < 4.78 is 6.85. The molecule has 0 aliphatic rings. The second-order valence-corrected chi connectivity index (χ2v) is 6.31. The molecule has 124 valence electrons. The van der Waals surface area contributed by atoms with Crippen molar-refractivity contribution in [3.63, 3.8) is 0 Å². The van der Waals surface area contributed by atoms with Gasteiger partial charge in [-0.05, 0) is 43.3 Å².